The number of hydrogen-bond donors (Lipinski definition) is 1. The molecule has 3 rings (SSSR count). The first kappa shape index (κ1) is 12.2. The number of likely N-dealkylation sites (N-methyl/N-ethyl adjacent to an activating group) is 1. The molecule has 98 valence electrons. The van der Waals surface area contributed by atoms with Crippen molar-refractivity contribution in [1.29, 1.82) is 0 Å². The van der Waals surface area contributed by atoms with Crippen LogP contribution in [0.1, 0.15) is 17.9 Å². The molecule has 1 fully saturated rings. The Morgan fingerprint density at radius 3 is 2.53 bits per heavy atom. The van der Waals surface area contributed by atoms with Gasteiger partial charge in [-0.05, 0) is 54.8 Å². The van der Waals surface area contributed by atoms with Gasteiger partial charge >= 0.3 is 0 Å². The van der Waals surface area contributed by atoms with Crippen molar-refractivity contribution in [3.8, 4) is 11.1 Å². The van der Waals surface area contributed by atoms with Crippen LogP contribution in [0.3, 0.4) is 0 Å². The van der Waals surface area contributed by atoms with Gasteiger partial charge in [0.2, 0.25) is 0 Å². The highest BCUT2D eigenvalue weighted by atomic mass is 15.1. The number of nitrogen functional groups attached to an aromatic ring is 1. The van der Waals surface area contributed by atoms with Gasteiger partial charge in [-0.1, -0.05) is 36.4 Å². The van der Waals surface area contributed by atoms with Gasteiger partial charge in [0.15, 0.2) is 0 Å². The molecule has 2 N–H and O–H groups in total. The van der Waals surface area contributed by atoms with Crippen LogP contribution in [0.5, 0.6) is 0 Å². The minimum absolute atomic E-state index is 0.679. The fraction of sp³-hybridized carbons (Fsp3) is 0.294. The van der Waals surface area contributed by atoms with Crippen LogP contribution < -0.4 is 5.73 Å². The van der Waals surface area contributed by atoms with E-state index in [2.05, 4.69) is 48.3 Å². The van der Waals surface area contributed by atoms with Gasteiger partial charge in [-0.3, -0.25) is 0 Å². The van der Waals surface area contributed by atoms with E-state index in [9.17, 15) is 0 Å². The maximum atomic E-state index is 5.74. The summed E-state index contributed by atoms with van der Waals surface area (Å²) in [5.74, 6) is 0.679. The lowest BCUT2D eigenvalue weighted by atomic mass is 9.94. The molecule has 0 saturated carbocycles. The van der Waals surface area contributed by atoms with Crippen molar-refractivity contribution in [3.63, 3.8) is 0 Å². The van der Waals surface area contributed by atoms with Crippen LogP contribution in [0.15, 0.2) is 48.5 Å². The van der Waals surface area contributed by atoms with Crippen molar-refractivity contribution in [2.24, 2.45) is 0 Å². The van der Waals surface area contributed by atoms with Gasteiger partial charge in [0, 0.05) is 12.2 Å². The predicted molar refractivity (Wildman–Crippen MR) is 81.1 cm³/mol. The molecular weight excluding hydrogens is 232 g/mol. The second-order valence-electron chi connectivity index (χ2n) is 5.50. The molecule has 0 aromatic heterocycles. The second-order valence-corrected chi connectivity index (χ2v) is 5.50. The zero-order valence-electron chi connectivity index (χ0n) is 11.3. The number of rotatable bonds is 2. The summed E-state index contributed by atoms with van der Waals surface area (Å²) >= 11 is 0. The van der Waals surface area contributed by atoms with Crippen molar-refractivity contribution in [2.75, 3.05) is 25.9 Å². The molecule has 2 aromatic carbocycles. The first-order valence-electron chi connectivity index (χ1n) is 6.87. The topological polar surface area (TPSA) is 29.3 Å². The van der Waals surface area contributed by atoms with Crippen molar-refractivity contribution in [2.45, 2.75) is 12.3 Å². The van der Waals surface area contributed by atoms with E-state index in [1.807, 2.05) is 12.1 Å². The fourth-order valence-corrected chi connectivity index (χ4v) is 2.85. The minimum Gasteiger partial charge on any atom is -0.399 e. The molecule has 2 aromatic rings. The van der Waals surface area contributed by atoms with Gasteiger partial charge < -0.3 is 10.6 Å². The average molecular weight is 252 g/mol. The predicted octanol–water partition coefficient (Wildman–Crippen LogP) is 3.35. The zero-order chi connectivity index (χ0) is 13.2. The smallest absolute Gasteiger partial charge is 0.0314 e. The Morgan fingerprint density at radius 1 is 1.05 bits per heavy atom. The lowest BCUT2D eigenvalue weighted by Gasteiger charge is -2.12. The van der Waals surface area contributed by atoms with E-state index in [-0.39, 0.29) is 0 Å². The number of hydrogen-bond acceptors (Lipinski definition) is 2. The van der Waals surface area contributed by atoms with E-state index in [4.69, 9.17) is 5.73 Å². The molecular formula is C17H20N2. The summed E-state index contributed by atoms with van der Waals surface area (Å²) < 4.78 is 0. The third-order valence-electron chi connectivity index (χ3n) is 3.99. The number of likely N-dealkylation sites (tertiary alicyclic amines) is 1. The first-order valence-corrected chi connectivity index (χ1v) is 6.87. The van der Waals surface area contributed by atoms with Crippen LogP contribution in [0.4, 0.5) is 5.69 Å². The van der Waals surface area contributed by atoms with Gasteiger partial charge in [0.1, 0.15) is 0 Å². The third-order valence-corrected chi connectivity index (χ3v) is 3.99. The Balaban J connectivity index is 1.89. The van der Waals surface area contributed by atoms with E-state index in [1.54, 1.807) is 0 Å². The molecule has 2 heteroatoms. The number of anilines is 1. The van der Waals surface area contributed by atoms with Crippen molar-refractivity contribution in [1.82, 2.24) is 4.90 Å². The standard InChI is InChI=1S/C17H20N2/c1-19-10-9-16(12-19)15-4-2-3-14(11-15)13-5-7-17(18)8-6-13/h2-8,11,16H,9-10,12,18H2,1H3. The lowest BCUT2D eigenvalue weighted by molar-refractivity contribution is 0.411. The van der Waals surface area contributed by atoms with E-state index in [0.717, 1.165) is 5.69 Å². The largest absolute Gasteiger partial charge is 0.399 e. The van der Waals surface area contributed by atoms with Crippen LogP contribution in [0, 0.1) is 0 Å². The fourth-order valence-electron chi connectivity index (χ4n) is 2.85. The van der Waals surface area contributed by atoms with Crippen LogP contribution in [0.2, 0.25) is 0 Å². The highest BCUT2D eigenvalue weighted by Crippen LogP contribution is 2.29. The molecule has 19 heavy (non-hydrogen) atoms. The Hall–Kier alpha value is -1.80. The summed E-state index contributed by atoms with van der Waals surface area (Å²) in [7, 11) is 2.20. The van der Waals surface area contributed by atoms with E-state index < -0.39 is 0 Å². The maximum absolute atomic E-state index is 5.74. The normalized spacial score (nSPS) is 19.7. The molecule has 0 aliphatic carbocycles. The van der Waals surface area contributed by atoms with Crippen LogP contribution in [0.25, 0.3) is 11.1 Å². The van der Waals surface area contributed by atoms with Crippen molar-refractivity contribution in [3.05, 3.63) is 54.1 Å². The van der Waals surface area contributed by atoms with Crippen LogP contribution in [-0.4, -0.2) is 25.0 Å². The third kappa shape index (κ3) is 2.64. The van der Waals surface area contributed by atoms with Crippen molar-refractivity contribution < 1.29 is 0 Å². The van der Waals surface area contributed by atoms with Gasteiger partial charge in [0.25, 0.3) is 0 Å². The molecule has 1 aliphatic heterocycles. The summed E-state index contributed by atoms with van der Waals surface area (Å²) in [6, 6.07) is 17.0. The van der Waals surface area contributed by atoms with E-state index in [0.29, 0.717) is 5.92 Å². The van der Waals surface area contributed by atoms with E-state index >= 15 is 0 Å². The molecule has 0 spiro atoms. The van der Waals surface area contributed by atoms with Gasteiger partial charge in [-0.2, -0.15) is 0 Å². The Bertz CT molecular complexity index is 560. The number of nitrogens with zero attached hydrogens (tertiary/aromatic N) is 1. The monoisotopic (exact) mass is 252 g/mol. The lowest BCUT2D eigenvalue weighted by Crippen LogP contribution is -2.13. The Kier molecular flexibility index (Phi) is 3.26. The Labute approximate surface area is 114 Å². The molecule has 0 radical (unpaired) electrons. The van der Waals surface area contributed by atoms with E-state index in [1.165, 1.54) is 36.2 Å². The second kappa shape index (κ2) is 5.06. The summed E-state index contributed by atoms with van der Waals surface area (Å²) in [6.07, 6.45) is 1.27. The maximum Gasteiger partial charge on any atom is 0.0314 e. The van der Waals surface area contributed by atoms with Gasteiger partial charge in [-0.15, -0.1) is 0 Å². The summed E-state index contributed by atoms with van der Waals surface area (Å²) in [5, 5.41) is 0. The summed E-state index contributed by atoms with van der Waals surface area (Å²) in [5.41, 5.74) is 10.5. The molecule has 1 saturated heterocycles. The molecule has 1 heterocycles. The SMILES string of the molecule is CN1CCC(c2cccc(-c3ccc(N)cc3)c2)C1. The molecule has 1 aliphatic rings. The van der Waals surface area contributed by atoms with Crippen molar-refractivity contribution >= 4 is 5.69 Å². The minimum atomic E-state index is 0.679. The van der Waals surface area contributed by atoms with Gasteiger partial charge in [-0.25, -0.2) is 0 Å². The quantitative estimate of drug-likeness (QED) is 0.830. The molecule has 1 atom stereocenters. The first-order chi connectivity index (χ1) is 9.22. The zero-order valence-corrected chi connectivity index (χ0v) is 11.3. The molecule has 0 bridgehead atoms. The Morgan fingerprint density at radius 2 is 1.84 bits per heavy atom. The molecule has 2 nitrogen and oxygen atoms in total. The summed E-state index contributed by atoms with van der Waals surface area (Å²) in [4.78, 5) is 2.40. The highest BCUT2D eigenvalue weighted by Gasteiger charge is 2.21. The average Bonchev–Trinajstić information content (AvgIpc) is 2.86. The van der Waals surface area contributed by atoms with Crippen LogP contribution in [-0.2, 0) is 0 Å². The summed E-state index contributed by atoms with van der Waals surface area (Å²) in [6.45, 7) is 2.38. The number of nitrogens with two attached hydrogens (primary N) is 1. The van der Waals surface area contributed by atoms with Crippen LogP contribution >= 0.6 is 0 Å². The number of benzene rings is 2. The molecule has 1 unspecified atom stereocenters. The van der Waals surface area contributed by atoms with Gasteiger partial charge in [0.05, 0.1) is 0 Å². The molecule has 0 amide bonds. The highest BCUT2D eigenvalue weighted by molar-refractivity contribution is 5.66.